The average molecular weight is 246 g/mol. The van der Waals surface area contributed by atoms with Crippen LogP contribution in [0.15, 0.2) is 30.6 Å². The number of nitrogens with two attached hydrogens (primary N) is 1. The highest BCUT2D eigenvalue weighted by atomic mass is 19.1. The minimum Gasteiger partial charge on any atom is -0.397 e. The fourth-order valence-electron chi connectivity index (χ4n) is 1.41. The first kappa shape index (κ1) is 12.0. The van der Waals surface area contributed by atoms with E-state index >= 15 is 0 Å². The Balaban J connectivity index is 2.18. The van der Waals surface area contributed by atoms with Crippen molar-refractivity contribution in [3.8, 4) is 0 Å². The molecule has 2 aromatic heterocycles. The molecule has 2 rings (SSSR count). The van der Waals surface area contributed by atoms with Crippen LogP contribution in [0, 0.1) is 12.7 Å². The van der Waals surface area contributed by atoms with E-state index in [4.69, 9.17) is 5.73 Å². The molecule has 5 nitrogen and oxygen atoms in total. The lowest BCUT2D eigenvalue weighted by Gasteiger charge is -2.07. The largest absolute Gasteiger partial charge is 0.397 e. The lowest BCUT2D eigenvalue weighted by atomic mass is 10.2. The summed E-state index contributed by atoms with van der Waals surface area (Å²) in [4.78, 5) is 19.5. The van der Waals surface area contributed by atoms with Gasteiger partial charge >= 0.3 is 0 Å². The zero-order valence-electron chi connectivity index (χ0n) is 9.64. The average Bonchev–Trinajstić information content (AvgIpc) is 2.33. The number of rotatable bonds is 2. The van der Waals surface area contributed by atoms with Crippen LogP contribution < -0.4 is 11.1 Å². The molecule has 0 aliphatic carbocycles. The standard InChI is InChI=1S/C12H11FN4O/c1-7-4-9(14)6-16-11(7)17-12(18)10-3-2-8(13)5-15-10/h2-6H,14H2,1H3,(H,16,17,18). The van der Waals surface area contributed by atoms with E-state index < -0.39 is 11.7 Å². The minimum absolute atomic E-state index is 0.120. The molecule has 18 heavy (non-hydrogen) atoms. The molecule has 92 valence electrons. The number of carbonyl (C=O) groups excluding carboxylic acids is 1. The fraction of sp³-hybridized carbons (Fsp3) is 0.0833. The summed E-state index contributed by atoms with van der Waals surface area (Å²) in [7, 11) is 0. The number of nitrogens with one attached hydrogen (secondary N) is 1. The number of halogens is 1. The Morgan fingerprint density at radius 1 is 1.33 bits per heavy atom. The summed E-state index contributed by atoms with van der Waals surface area (Å²) in [6.07, 6.45) is 2.43. The lowest BCUT2D eigenvalue weighted by Crippen LogP contribution is -2.15. The van der Waals surface area contributed by atoms with E-state index in [1.807, 2.05) is 0 Å². The van der Waals surface area contributed by atoms with Crippen LogP contribution in [0.25, 0.3) is 0 Å². The van der Waals surface area contributed by atoms with Crippen LogP contribution in [-0.2, 0) is 0 Å². The minimum atomic E-state index is -0.492. The van der Waals surface area contributed by atoms with Crippen molar-refractivity contribution < 1.29 is 9.18 Å². The van der Waals surface area contributed by atoms with Crippen molar-refractivity contribution in [3.05, 3.63) is 47.7 Å². The van der Waals surface area contributed by atoms with Crippen LogP contribution in [0.2, 0.25) is 0 Å². The van der Waals surface area contributed by atoms with Crippen molar-refractivity contribution >= 4 is 17.4 Å². The summed E-state index contributed by atoms with van der Waals surface area (Å²) in [5.41, 5.74) is 6.94. The van der Waals surface area contributed by atoms with E-state index in [-0.39, 0.29) is 5.69 Å². The zero-order chi connectivity index (χ0) is 13.1. The molecule has 6 heteroatoms. The quantitative estimate of drug-likeness (QED) is 0.846. The number of amides is 1. The molecular weight excluding hydrogens is 235 g/mol. The number of nitrogens with zero attached hydrogens (tertiary/aromatic N) is 2. The molecule has 0 aromatic carbocycles. The Labute approximate surface area is 103 Å². The number of hydrogen-bond donors (Lipinski definition) is 2. The number of anilines is 2. The predicted molar refractivity (Wildman–Crippen MR) is 65.5 cm³/mol. The second kappa shape index (κ2) is 4.79. The molecule has 0 saturated heterocycles. The van der Waals surface area contributed by atoms with Gasteiger partial charge in [0.15, 0.2) is 0 Å². The Kier molecular flexibility index (Phi) is 3.18. The third-order valence-corrected chi connectivity index (χ3v) is 2.29. The van der Waals surface area contributed by atoms with Crippen molar-refractivity contribution in [1.82, 2.24) is 9.97 Å². The summed E-state index contributed by atoms with van der Waals surface area (Å²) < 4.78 is 12.7. The van der Waals surface area contributed by atoms with Gasteiger partial charge in [-0.1, -0.05) is 0 Å². The molecule has 0 fully saturated rings. The molecular formula is C12H11FN4O. The number of nitrogen functional groups attached to an aromatic ring is 1. The number of hydrogen-bond acceptors (Lipinski definition) is 4. The van der Waals surface area contributed by atoms with E-state index in [0.717, 1.165) is 11.8 Å². The monoisotopic (exact) mass is 246 g/mol. The Hall–Kier alpha value is -2.50. The highest BCUT2D eigenvalue weighted by molar-refractivity contribution is 6.02. The summed E-state index contributed by atoms with van der Waals surface area (Å²) in [6.45, 7) is 1.77. The van der Waals surface area contributed by atoms with Gasteiger partial charge in [0.25, 0.3) is 5.91 Å². The Bertz CT molecular complexity index is 583. The normalized spacial score (nSPS) is 10.1. The zero-order valence-corrected chi connectivity index (χ0v) is 9.64. The van der Waals surface area contributed by atoms with E-state index in [9.17, 15) is 9.18 Å². The lowest BCUT2D eigenvalue weighted by molar-refractivity contribution is 0.102. The van der Waals surface area contributed by atoms with Crippen LogP contribution in [0.1, 0.15) is 16.1 Å². The number of carbonyl (C=O) groups is 1. The number of pyridine rings is 2. The second-order valence-electron chi connectivity index (χ2n) is 3.75. The molecule has 3 N–H and O–H groups in total. The van der Waals surface area contributed by atoms with Gasteiger partial charge in [-0.25, -0.2) is 14.4 Å². The topological polar surface area (TPSA) is 80.9 Å². The van der Waals surface area contributed by atoms with E-state index in [1.54, 1.807) is 13.0 Å². The Morgan fingerprint density at radius 2 is 2.11 bits per heavy atom. The third kappa shape index (κ3) is 2.60. The van der Waals surface area contributed by atoms with Gasteiger partial charge in [-0.05, 0) is 30.7 Å². The van der Waals surface area contributed by atoms with E-state index in [0.29, 0.717) is 11.5 Å². The van der Waals surface area contributed by atoms with Crippen molar-refractivity contribution in [2.24, 2.45) is 0 Å². The molecule has 0 saturated carbocycles. The van der Waals surface area contributed by atoms with Gasteiger partial charge in [-0.3, -0.25) is 4.79 Å². The van der Waals surface area contributed by atoms with E-state index in [2.05, 4.69) is 15.3 Å². The maximum atomic E-state index is 12.7. The summed E-state index contributed by atoms with van der Waals surface area (Å²) in [5.74, 6) is -0.538. The maximum absolute atomic E-state index is 12.7. The highest BCUT2D eigenvalue weighted by Crippen LogP contribution is 2.14. The first-order chi connectivity index (χ1) is 8.56. The van der Waals surface area contributed by atoms with Crippen LogP contribution in [0.5, 0.6) is 0 Å². The predicted octanol–water partition coefficient (Wildman–Crippen LogP) is 1.76. The molecule has 0 spiro atoms. The van der Waals surface area contributed by atoms with Crippen LogP contribution >= 0.6 is 0 Å². The van der Waals surface area contributed by atoms with Crippen LogP contribution in [0.3, 0.4) is 0 Å². The molecule has 1 amide bonds. The first-order valence-electron chi connectivity index (χ1n) is 5.21. The van der Waals surface area contributed by atoms with E-state index in [1.165, 1.54) is 18.3 Å². The third-order valence-electron chi connectivity index (χ3n) is 2.29. The van der Waals surface area contributed by atoms with Crippen LogP contribution in [-0.4, -0.2) is 15.9 Å². The Morgan fingerprint density at radius 3 is 2.72 bits per heavy atom. The smallest absolute Gasteiger partial charge is 0.275 e. The molecule has 0 radical (unpaired) electrons. The summed E-state index contributed by atoms with van der Waals surface area (Å²) in [6, 6.07) is 4.17. The van der Waals surface area contributed by atoms with Crippen molar-refractivity contribution in [2.45, 2.75) is 6.92 Å². The molecule has 0 bridgehead atoms. The SMILES string of the molecule is Cc1cc(N)cnc1NC(=O)c1ccc(F)cn1. The van der Waals surface area contributed by atoms with Gasteiger partial charge in [0.1, 0.15) is 17.3 Å². The first-order valence-corrected chi connectivity index (χ1v) is 5.21. The molecule has 2 aromatic rings. The summed E-state index contributed by atoms with van der Waals surface area (Å²) >= 11 is 0. The molecule has 2 heterocycles. The van der Waals surface area contributed by atoms with Gasteiger partial charge in [0, 0.05) is 0 Å². The maximum Gasteiger partial charge on any atom is 0.275 e. The van der Waals surface area contributed by atoms with Gasteiger partial charge < -0.3 is 11.1 Å². The van der Waals surface area contributed by atoms with Gasteiger partial charge in [0.2, 0.25) is 0 Å². The van der Waals surface area contributed by atoms with Gasteiger partial charge in [-0.2, -0.15) is 0 Å². The second-order valence-corrected chi connectivity index (χ2v) is 3.75. The van der Waals surface area contributed by atoms with Gasteiger partial charge in [-0.15, -0.1) is 0 Å². The number of aryl methyl sites for hydroxylation is 1. The van der Waals surface area contributed by atoms with Crippen LogP contribution in [0.4, 0.5) is 15.9 Å². The van der Waals surface area contributed by atoms with Crippen molar-refractivity contribution in [1.29, 1.82) is 0 Å². The van der Waals surface area contributed by atoms with Crippen molar-refractivity contribution in [2.75, 3.05) is 11.1 Å². The van der Waals surface area contributed by atoms with Crippen molar-refractivity contribution in [3.63, 3.8) is 0 Å². The molecule has 0 aliphatic rings. The number of aromatic nitrogens is 2. The molecule has 0 aliphatic heterocycles. The van der Waals surface area contributed by atoms with Gasteiger partial charge in [0.05, 0.1) is 18.1 Å². The molecule has 0 unspecified atom stereocenters. The molecule has 0 atom stereocenters. The fourth-order valence-corrected chi connectivity index (χ4v) is 1.41. The summed E-state index contributed by atoms with van der Waals surface area (Å²) in [5, 5.41) is 2.58. The highest BCUT2D eigenvalue weighted by Gasteiger charge is 2.10.